The molecule has 0 aliphatic carbocycles. The topological polar surface area (TPSA) is 113 Å². The summed E-state index contributed by atoms with van der Waals surface area (Å²) in [7, 11) is 9.79. The summed E-state index contributed by atoms with van der Waals surface area (Å²) in [5, 5.41) is 11.1. The SMILES string of the molecule is COc1ccc(CCN(C)CCCN(C(=O)c2ccc([N+](=O)[O-])cc2)c2cc(OC)c(OC)c(OC)c2)cc1OC. The van der Waals surface area contributed by atoms with Crippen LogP contribution >= 0.6 is 0 Å². The highest BCUT2D eigenvalue weighted by Gasteiger charge is 2.23. The molecule has 0 aliphatic rings. The molecule has 0 saturated carbocycles. The number of likely N-dealkylation sites (N-methyl/N-ethyl adjacent to an activating group) is 1. The number of rotatable bonds is 15. The van der Waals surface area contributed by atoms with Gasteiger partial charge in [0.25, 0.3) is 11.6 Å². The van der Waals surface area contributed by atoms with Gasteiger partial charge < -0.3 is 33.5 Å². The molecule has 0 atom stereocenters. The van der Waals surface area contributed by atoms with Gasteiger partial charge in [-0.05, 0) is 56.3 Å². The number of nitro groups is 1. The maximum Gasteiger partial charge on any atom is 0.269 e. The predicted octanol–water partition coefficient (Wildman–Crippen LogP) is 4.85. The van der Waals surface area contributed by atoms with Crippen LogP contribution < -0.4 is 28.6 Å². The highest BCUT2D eigenvalue weighted by atomic mass is 16.6. The van der Waals surface area contributed by atoms with Gasteiger partial charge in [-0.15, -0.1) is 0 Å². The smallest absolute Gasteiger partial charge is 0.269 e. The minimum Gasteiger partial charge on any atom is -0.493 e. The Hall–Kier alpha value is -4.51. The van der Waals surface area contributed by atoms with Crippen LogP contribution in [0.5, 0.6) is 28.7 Å². The summed E-state index contributed by atoms with van der Waals surface area (Å²) in [5.74, 6) is 2.32. The van der Waals surface area contributed by atoms with Crippen LogP contribution in [0.3, 0.4) is 0 Å². The Morgan fingerprint density at radius 2 is 1.37 bits per heavy atom. The van der Waals surface area contributed by atoms with Crippen molar-refractivity contribution < 1.29 is 33.4 Å². The van der Waals surface area contributed by atoms with Crippen LogP contribution in [0.25, 0.3) is 0 Å². The number of carbonyl (C=O) groups is 1. The fourth-order valence-corrected chi connectivity index (χ4v) is 4.42. The lowest BCUT2D eigenvalue weighted by molar-refractivity contribution is -0.384. The molecule has 11 nitrogen and oxygen atoms in total. The number of non-ortho nitro benzene ring substituents is 1. The van der Waals surface area contributed by atoms with Crippen molar-refractivity contribution in [2.75, 3.05) is 67.1 Å². The summed E-state index contributed by atoms with van der Waals surface area (Å²) in [5.41, 5.74) is 1.92. The van der Waals surface area contributed by atoms with E-state index in [4.69, 9.17) is 23.7 Å². The molecule has 1 amide bonds. The van der Waals surface area contributed by atoms with Crippen molar-refractivity contribution in [2.45, 2.75) is 12.8 Å². The van der Waals surface area contributed by atoms with E-state index in [0.29, 0.717) is 53.0 Å². The van der Waals surface area contributed by atoms with Crippen molar-refractivity contribution in [1.29, 1.82) is 0 Å². The van der Waals surface area contributed by atoms with Gasteiger partial charge in [0, 0.05) is 42.9 Å². The van der Waals surface area contributed by atoms with Gasteiger partial charge in [-0.3, -0.25) is 14.9 Å². The van der Waals surface area contributed by atoms with Gasteiger partial charge in [-0.2, -0.15) is 0 Å². The first-order valence-electron chi connectivity index (χ1n) is 13.0. The average Bonchev–Trinajstić information content (AvgIpc) is 3.00. The van der Waals surface area contributed by atoms with Crippen LogP contribution in [0, 0.1) is 10.1 Å². The van der Waals surface area contributed by atoms with Crippen LogP contribution in [0.2, 0.25) is 0 Å². The molecule has 3 aromatic carbocycles. The van der Waals surface area contributed by atoms with Crippen molar-refractivity contribution in [1.82, 2.24) is 4.90 Å². The van der Waals surface area contributed by atoms with E-state index >= 15 is 0 Å². The van der Waals surface area contributed by atoms with Crippen LogP contribution in [-0.4, -0.2) is 78.0 Å². The number of methoxy groups -OCH3 is 5. The van der Waals surface area contributed by atoms with Crippen LogP contribution in [0.15, 0.2) is 54.6 Å². The molecule has 0 bridgehead atoms. The second-order valence-electron chi connectivity index (χ2n) is 9.24. The number of anilines is 1. The van der Waals surface area contributed by atoms with E-state index in [1.807, 2.05) is 25.2 Å². The molecular weight excluding hydrogens is 530 g/mol. The maximum absolute atomic E-state index is 13.7. The standard InChI is InChI=1S/C30H37N3O8/c1-31(17-14-21-8-13-25(37-2)26(18-21)38-3)15-7-16-32(30(34)22-9-11-23(12-10-22)33(35)36)24-19-27(39-4)29(41-6)28(20-24)40-5/h8-13,18-20H,7,14-17H2,1-6H3. The number of benzene rings is 3. The summed E-state index contributed by atoms with van der Waals surface area (Å²) < 4.78 is 27.2. The number of nitrogens with zero attached hydrogens (tertiary/aromatic N) is 3. The third-order valence-electron chi connectivity index (χ3n) is 6.68. The highest BCUT2D eigenvalue weighted by Crippen LogP contribution is 2.41. The summed E-state index contributed by atoms with van der Waals surface area (Å²) in [6.07, 6.45) is 1.48. The molecule has 41 heavy (non-hydrogen) atoms. The first-order valence-corrected chi connectivity index (χ1v) is 13.0. The van der Waals surface area contributed by atoms with Crippen molar-refractivity contribution in [2.24, 2.45) is 0 Å². The number of nitro benzene ring substituents is 1. The fourth-order valence-electron chi connectivity index (χ4n) is 4.42. The van der Waals surface area contributed by atoms with E-state index in [0.717, 1.165) is 25.1 Å². The maximum atomic E-state index is 13.7. The first kappa shape index (κ1) is 31.0. The quantitative estimate of drug-likeness (QED) is 0.188. The summed E-state index contributed by atoms with van der Waals surface area (Å²) in [6.45, 7) is 1.91. The molecule has 3 rings (SSSR count). The lowest BCUT2D eigenvalue weighted by Gasteiger charge is -2.26. The van der Waals surface area contributed by atoms with E-state index in [9.17, 15) is 14.9 Å². The Bertz CT molecular complexity index is 1300. The van der Waals surface area contributed by atoms with Crippen LogP contribution in [0.1, 0.15) is 22.3 Å². The Morgan fingerprint density at radius 1 is 0.756 bits per heavy atom. The summed E-state index contributed by atoms with van der Waals surface area (Å²) in [6, 6.07) is 14.9. The number of ether oxygens (including phenoxy) is 5. The lowest BCUT2D eigenvalue weighted by atomic mass is 10.1. The van der Waals surface area contributed by atoms with Crippen LogP contribution in [0.4, 0.5) is 11.4 Å². The molecular formula is C30H37N3O8. The molecule has 220 valence electrons. The second kappa shape index (κ2) is 14.8. The zero-order chi connectivity index (χ0) is 29.9. The molecule has 0 spiro atoms. The average molecular weight is 568 g/mol. The molecule has 0 radical (unpaired) electrons. The Labute approximate surface area is 240 Å². The zero-order valence-electron chi connectivity index (χ0n) is 24.3. The molecule has 0 unspecified atom stereocenters. The van der Waals surface area contributed by atoms with Crippen molar-refractivity contribution in [3.05, 3.63) is 75.8 Å². The van der Waals surface area contributed by atoms with E-state index < -0.39 is 4.92 Å². The van der Waals surface area contributed by atoms with Gasteiger partial charge in [-0.1, -0.05) is 6.07 Å². The normalized spacial score (nSPS) is 10.7. The molecule has 0 saturated heterocycles. The van der Waals surface area contributed by atoms with Gasteiger partial charge in [0.1, 0.15) is 0 Å². The number of amides is 1. The van der Waals surface area contributed by atoms with E-state index in [-0.39, 0.29) is 11.6 Å². The van der Waals surface area contributed by atoms with Gasteiger partial charge >= 0.3 is 0 Å². The molecule has 11 heteroatoms. The minimum absolute atomic E-state index is 0.0861. The molecule has 0 fully saturated rings. The fraction of sp³-hybridized carbons (Fsp3) is 0.367. The molecule has 0 aliphatic heterocycles. The minimum atomic E-state index is -0.497. The predicted molar refractivity (Wildman–Crippen MR) is 156 cm³/mol. The van der Waals surface area contributed by atoms with Crippen molar-refractivity contribution in [3.63, 3.8) is 0 Å². The van der Waals surface area contributed by atoms with E-state index in [2.05, 4.69) is 4.90 Å². The molecule has 0 N–H and O–H groups in total. The van der Waals surface area contributed by atoms with Gasteiger partial charge in [0.2, 0.25) is 5.75 Å². The van der Waals surface area contributed by atoms with Crippen molar-refractivity contribution in [3.8, 4) is 28.7 Å². The van der Waals surface area contributed by atoms with E-state index in [1.54, 1.807) is 31.3 Å². The highest BCUT2D eigenvalue weighted by molar-refractivity contribution is 6.06. The van der Waals surface area contributed by atoms with Crippen molar-refractivity contribution >= 4 is 17.3 Å². The largest absolute Gasteiger partial charge is 0.493 e. The van der Waals surface area contributed by atoms with Gasteiger partial charge in [-0.25, -0.2) is 0 Å². The van der Waals surface area contributed by atoms with E-state index in [1.165, 1.54) is 45.6 Å². The van der Waals surface area contributed by atoms with Crippen LogP contribution in [-0.2, 0) is 6.42 Å². The Balaban J connectivity index is 1.77. The molecule has 0 aromatic heterocycles. The zero-order valence-corrected chi connectivity index (χ0v) is 24.3. The summed E-state index contributed by atoms with van der Waals surface area (Å²) >= 11 is 0. The number of hydrogen-bond donors (Lipinski definition) is 0. The number of carbonyl (C=O) groups excluding carboxylic acids is 1. The lowest BCUT2D eigenvalue weighted by Crippen LogP contribution is -2.34. The first-order chi connectivity index (χ1) is 19.8. The molecule has 3 aromatic rings. The summed E-state index contributed by atoms with van der Waals surface area (Å²) in [4.78, 5) is 28.1. The Morgan fingerprint density at radius 3 is 1.90 bits per heavy atom. The monoisotopic (exact) mass is 567 g/mol. The second-order valence-corrected chi connectivity index (χ2v) is 9.24. The third-order valence-corrected chi connectivity index (χ3v) is 6.68. The van der Waals surface area contributed by atoms with Gasteiger partial charge in [0.15, 0.2) is 23.0 Å². The van der Waals surface area contributed by atoms with Gasteiger partial charge in [0.05, 0.1) is 46.2 Å². The third kappa shape index (κ3) is 7.79. The number of hydrogen-bond acceptors (Lipinski definition) is 9. The molecule has 0 heterocycles. The Kier molecular flexibility index (Phi) is 11.2.